The van der Waals surface area contributed by atoms with Gasteiger partial charge in [0.1, 0.15) is 0 Å². The molecule has 0 atom stereocenters. The molecule has 0 radical (unpaired) electrons. The summed E-state index contributed by atoms with van der Waals surface area (Å²) in [6, 6.07) is 20.0. The van der Waals surface area contributed by atoms with Crippen LogP contribution in [0.4, 0.5) is 8.78 Å². The minimum absolute atomic E-state index is 0.336. The molecule has 0 N–H and O–H groups in total. The molecule has 3 rings (SSSR count). The van der Waals surface area contributed by atoms with Crippen LogP contribution >= 0.6 is 0 Å². The molecule has 206 valence electrons. The maximum Gasteiger partial charge on any atom is 0.166 e. The highest BCUT2D eigenvalue weighted by Crippen LogP contribution is 2.30. The lowest BCUT2D eigenvalue weighted by Crippen LogP contribution is -1.98. The SMILES string of the molecule is CCCCCCCCCCCCc1ccc(-c2ccc(-c3ccc(CCCCCC)cc3)cc2)c(F)c1F. The Kier molecular flexibility index (Phi) is 13.6. The Balaban J connectivity index is 1.48. The lowest BCUT2D eigenvalue weighted by Gasteiger charge is -2.10. The fraction of sp³-hybridized carbons (Fsp3) is 0.500. The molecule has 0 aliphatic carbocycles. The molecule has 2 heteroatoms. The molecule has 0 heterocycles. The van der Waals surface area contributed by atoms with E-state index in [-0.39, 0.29) is 0 Å². The average molecular weight is 519 g/mol. The van der Waals surface area contributed by atoms with Gasteiger partial charge in [-0.15, -0.1) is 0 Å². The third-order valence-corrected chi connectivity index (χ3v) is 7.76. The van der Waals surface area contributed by atoms with E-state index in [0.29, 0.717) is 23.1 Å². The van der Waals surface area contributed by atoms with Crippen LogP contribution in [0.25, 0.3) is 22.3 Å². The zero-order valence-corrected chi connectivity index (χ0v) is 23.8. The van der Waals surface area contributed by atoms with Gasteiger partial charge in [0.2, 0.25) is 0 Å². The number of rotatable bonds is 18. The summed E-state index contributed by atoms with van der Waals surface area (Å²) >= 11 is 0. The molecule has 0 aromatic heterocycles. The highest BCUT2D eigenvalue weighted by atomic mass is 19.2. The molecular formula is C36H48F2. The van der Waals surface area contributed by atoms with Crippen LogP contribution in [-0.4, -0.2) is 0 Å². The topological polar surface area (TPSA) is 0 Å². The maximum atomic E-state index is 15.0. The summed E-state index contributed by atoms with van der Waals surface area (Å²) in [6.07, 6.45) is 19.2. The molecule has 3 aromatic rings. The smallest absolute Gasteiger partial charge is 0.166 e. The van der Waals surface area contributed by atoms with Gasteiger partial charge in [-0.25, -0.2) is 8.78 Å². The predicted molar refractivity (Wildman–Crippen MR) is 161 cm³/mol. The van der Waals surface area contributed by atoms with E-state index in [1.807, 2.05) is 24.3 Å². The van der Waals surface area contributed by atoms with E-state index in [1.165, 1.54) is 82.6 Å². The summed E-state index contributed by atoms with van der Waals surface area (Å²) in [4.78, 5) is 0. The third-order valence-electron chi connectivity index (χ3n) is 7.76. The lowest BCUT2D eigenvalue weighted by atomic mass is 9.96. The molecule has 0 aliphatic rings. The van der Waals surface area contributed by atoms with E-state index in [1.54, 1.807) is 12.1 Å². The van der Waals surface area contributed by atoms with Gasteiger partial charge in [0.05, 0.1) is 0 Å². The van der Waals surface area contributed by atoms with Crippen molar-refractivity contribution in [1.29, 1.82) is 0 Å². The highest BCUT2D eigenvalue weighted by molar-refractivity contribution is 5.71. The van der Waals surface area contributed by atoms with Crippen LogP contribution in [0.1, 0.15) is 115 Å². The molecule has 0 amide bonds. The first-order chi connectivity index (χ1) is 18.6. The van der Waals surface area contributed by atoms with E-state index >= 15 is 0 Å². The standard InChI is InChI=1S/C36H48F2/c1-3-5-7-9-10-11-12-13-14-16-18-33-27-28-34(36(38)35(33)37)32-25-23-31(24-26-32)30-21-19-29(20-22-30)17-15-8-6-4-2/h19-28H,3-18H2,1-2H3. The van der Waals surface area contributed by atoms with Gasteiger partial charge in [-0.3, -0.25) is 0 Å². The lowest BCUT2D eigenvalue weighted by molar-refractivity contribution is 0.496. The Morgan fingerprint density at radius 3 is 1.45 bits per heavy atom. The highest BCUT2D eigenvalue weighted by Gasteiger charge is 2.15. The van der Waals surface area contributed by atoms with Crippen molar-refractivity contribution in [2.24, 2.45) is 0 Å². The van der Waals surface area contributed by atoms with Gasteiger partial charge in [-0.2, -0.15) is 0 Å². The fourth-order valence-corrected chi connectivity index (χ4v) is 5.27. The van der Waals surface area contributed by atoms with Crippen molar-refractivity contribution in [2.75, 3.05) is 0 Å². The molecule has 0 saturated heterocycles. The van der Waals surface area contributed by atoms with Gasteiger partial charge in [0.25, 0.3) is 0 Å². The summed E-state index contributed by atoms with van der Waals surface area (Å²) in [5.41, 5.74) is 5.15. The van der Waals surface area contributed by atoms with Gasteiger partial charge in [-0.05, 0) is 53.5 Å². The second-order valence-electron chi connectivity index (χ2n) is 10.9. The number of benzene rings is 3. The van der Waals surface area contributed by atoms with Crippen LogP contribution < -0.4 is 0 Å². The van der Waals surface area contributed by atoms with Gasteiger partial charge in [0.15, 0.2) is 11.6 Å². The largest absolute Gasteiger partial charge is 0.203 e. The normalized spacial score (nSPS) is 11.3. The second-order valence-corrected chi connectivity index (χ2v) is 10.9. The van der Waals surface area contributed by atoms with Crippen molar-refractivity contribution in [1.82, 2.24) is 0 Å². The van der Waals surface area contributed by atoms with Crippen molar-refractivity contribution >= 4 is 0 Å². The summed E-state index contributed by atoms with van der Waals surface area (Å²) in [7, 11) is 0. The molecular weight excluding hydrogens is 470 g/mol. The minimum atomic E-state index is -0.727. The number of hydrogen-bond donors (Lipinski definition) is 0. The first-order valence-electron chi connectivity index (χ1n) is 15.3. The van der Waals surface area contributed by atoms with Crippen molar-refractivity contribution in [2.45, 2.75) is 117 Å². The maximum absolute atomic E-state index is 15.0. The molecule has 0 fully saturated rings. The van der Waals surface area contributed by atoms with Gasteiger partial charge >= 0.3 is 0 Å². The Hall–Kier alpha value is -2.48. The molecule has 0 saturated carbocycles. The van der Waals surface area contributed by atoms with Crippen molar-refractivity contribution in [3.63, 3.8) is 0 Å². The summed E-state index contributed by atoms with van der Waals surface area (Å²) in [6.45, 7) is 4.48. The summed E-state index contributed by atoms with van der Waals surface area (Å²) in [5.74, 6) is -1.41. The zero-order valence-electron chi connectivity index (χ0n) is 23.8. The van der Waals surface area contributed by atoms with Crippen LogP contribution in [0, 0.1) is 11.6 Å². The minimum Gasteiger partial charge on any atom is -0.203 e. The number of hydrogen-bond acceptors (Lipinski definition) is 0. The zero-order chi connectivity index (χ0) is 27.0. The Morgan fingerprint density at radius 2 is 0.868 bits per heavy atom. The van der Waals surface area contributed by atoms with E-state index in [0.717, 1.165) is 30.4 Å². The molecule has 3 aromatic carbocycles. The van der Waals surface area contributed by atoms with Crippen LogP contribution in [0.5, 0.6) is 0 Å². The van der Waals surface area contributed by atoms with Crippen LogP contribution in [0.3, 0.4) is 0 Å². The first-order valence-corrected chi connectivity index (χ1v) is 15.3. The van der Waals surface area contributed by atoms with Crippen molar-refractivity contribution in [3.05, 3.63) is 83.4 Å². The van der Waals surface area contributed by atoms with E-state index in [2.05, 4.69) is 38.1 Å². The molecule has 0 spiro atoms. The third kappa shape index (κ3) is 9.68. The number of aryl methyl sites for hydroxylation is 2. The molecule has 0 aliphatic heterocycles. The van der Waals surface area contributed by atoms with E-state index in [4.69, 9.17) is 0 Å². The quantitative estimate of drug-likeness (QED) is 0.147. The van der Waals surface area contributed by atoms with E-state index in [9.17, 15) is 8.78 Å². The first kappa shape index (κ1) is 30.1. The number of halogens is 2. The van der Waals surface area contributed by atoms with Crippen LogP contribution in [-0.2, 0) is 12.8 Å². The van der Waals surface area contributed by atoms with Gasteiger partial charge in [0, 0.05) is 5.56 Å². The van der Waals surface area contributed by atoms with Crippen LogP contribution in [0.2, 0.25) is 0 Å². The van der Waals surface area contributed by atoms with Crippen LogP contribution in [0.15, 0.2) is 60.7 Å². The molecule has 0 nitrogen and oxygen atoms in total. The average Bonchev–Trinajstić information content (AvgIpc) is 2.95. The fourth-order valence-electron chi connectivity index (χ4n) is 5.27. The van der Waals surface area contributed by atoms with Crippen molar-refractivity contribution in [3.8, 4) is 22.3 Å². The van der Waals surface area contributed by atoms with Crippen molar-refractivity contribution < 1.29 is 8.78 Å². The van der Waals surface area contributed by atoms with Gasteiger partial charge < -0.3 is 0 Å². The molecule has 38 heavy (non-hydrogen) atoms. The number of unbranched alkanes of at least 4 members (excludes halogenated alkanes) is 12. The van der Waals surface area contributed by atoms with E-state index < -0.39 is 11.6 Å². The monoisotopic (exact) mass is 518 g/mol. The molecule has 0 unspecified atom stereocenters. The Labute approximate surface area is 230 Å². The second kappa shape index (κ2) is 17.2. The summed E-state index contributed by atoms with van der Waals surface area (Å²) < 4.78 is 29.9. The predicted octanol–water partition coefficient (Wildman–Crippen LogP) is 11.9. The summed E-state index contributed by atoms with van der Waals surface area (Å²) in [5, 5.41) is 0. The molecule has 0 bridgehead atoms. The van der Waals surface area contributed by atoms with Gasteiger partial charge in [-0.1, -0.05) is 152 Å². The Bertz CT molecular complexity index is 1050. The Morgan fingerprint density at radius 1 is 0.421 bits per heavy atom.